The van der Waals surface area contributed by atoms with Gasteiger partial charge >= 0.3 is 0 Å². The lowest BCUT2D eigenvalue weighted by molar-refractivity contribution is 0.552. The largest absolute Gasteiger partial charge is 0.370 e. The van der Waals surface area contributed by atoms with Crippen molar-refractivity contribution in [2.45, 2.75) is 27.7 Å². The molecule has 0 aromatic carbocycles. The highest BCUT2D eigenvalue weighted by molar-refractivity contribution is 5.43. The number of hydrogen-bond acceptors (Lipinski definition) is 2. The molecular formula is C13H22N2. The van der Waals surface area contributed by atoms with Crippen LogP contribution >= 0.6 is 0 Å². The van der Waals surface area contributed by atoms with Crippen LogP contribution in [0.15, 0.2) is 24.5 Å². The van der Waals surface area contributed by atoms with E-state index in [1.54, 1.807) is 0 Å². The molecule has 0 atom stereocenters. The molecule has 15 heavy (non-hydrogen) atoms. The van der Waals surface area contributed by atoms with E-state index < -0.39 is 0 Å². The zero-order valence-electron chi connectivity index (χ0n) is 10.3. The van der Waals surface area contributed by atoms with E-state index in [-0.39, 0.29) is 0 Å². The van der Waals surface area contributed by atoms with Crippen molar-refractivity contribution in [2.24, 2.45) is 11.8 Å². The Morgan fingerprint density at radius 2 is 1.73 bits per heavy atom. The molecule has 0 spiro atoms. The fraction of sp³-hybridized carbons (Fsp3) is 0.615. The first-order valence-corrected chi connectivity index (χ1v) is 5.74. The van der Waals surface area contributed by atoms with Gasteiger partial charge in [0.15, 0.2) is 0 Å². The van der Waals surface area contributed by atoms with Crippen molar-refractivity contribution in [3.8, 4) is 0 Å². The molecule has 1 aromatic heterocycles. The summed E-state index contributed by atoms with van der Waals surface area (Å²) in [6, 6.07) is 4.14. The van der Waals surface area contributed by atoms with Crippen LogP contribution in [0, 0.1) is 11.8 Å². The van der Waals surface area contributed by atoms with Gasteiger partial charge in [0, 0.05) is 19.3 Å². The molecule has 0 aliphatic heterocycles. The van der Waals surface area contributed by atoms with Gasteiger partial charge in [-0.3, -0.25) is 4.98 Å². The molecule has 2 nitrogen and oxygen atoms in total. The number of rotatable bonds is 5. The van der Waals surface area contributed by atoms with E-state index in [0.29, 0.717) is 11.8 Å². The zero-order valence-corrected chi connectivity index (χ0v) is 10.3. The van der Waals surface area contributed by atoms with E-state index in [9.17, 15) is 0 Å². The highest BCUT2D eigenvalue weighted by atomic mass is 15.1. The third-order valence-electron chi connectivity index (χ3n) is 2.18. The maximum absolute atomic E-state index is 4.18. The summed E-state index contributed by atoms with van der Waals surface area (Å²) in [4.78, 5) is 6.60. The maximum atomic E-state index is 4.18. The van der Waals surface area contributed by atoms with Crippen LogP contribution in [0.3, 0.4) is 0 Å². The summed E-state index contributed by atoms with van der Waals surface area (Å²) < 4.78 is 0. The number of anilines is 1. The summed E-state index contributed by atoms with van der Waals surface area (Å²) in [7, 11) is 0. The first kappa shape index (κ1) is 12.0. The van der Waals surface area contributed by atoms with Crippen molar-refractivity contribution in [1.29, 1.82) is 0 Å². The molecular weight excluding hydrogens is 184 g/mol. The first-order chi connectivity index (χ1) is 7.09. The fourth-order valence-electron chi connectivity index (χ4n) is 1.71. The van der Waals surface area contributed by atoms with Crippen LogP contribution in [0.25, 0.3) is 0 Å². The molecule has 0 unspecified atom stereocenters. The molecule has 0 aliphatic carbocycles. The van der Waals surface area contributed by atoms with E-state index in [4.69, 9.17) is 0 Å². The fourth-order valence-corrected chi connectivity index (χ4v) is 1.71. The van der Waals surface area contributed by atoms with Crippen LogP contribution in [-0.4, -0.2) is 18.1 Å². The van der Waals surface area contributed by atoms with Crippen LogP contribution in [-0.2, 0) is 0 Å². The predicted octanol–water partition coefficient (Wildman–Crippen LogP) is 3.20. The standard InChI is InChI=1S/C13H22N2/c1-11(2)9-15(10-12(3)4)13-6-5-7-14-8-13/h5-8,11-12H,9-10H2,1-4H3. The highest BCUT2D eigenvalue weighted by Crippen LogP contribution is 2.15. The molecule has 1 heterocycles. The number of aromatic nitrogens is 1. The Bertz CT molecular complexity index is 257. The summed E-state index contributed by atoms with van der Waals surface area (Å²) in [5.74, 6) is 1.37. The monoisotopic (exact) mass is 206 g/mol. The lowest BCUT2D eigenvalue weighted by atomic mass is 10.1. The normalized spacial score (nSPS) is 11.1. The second kappa shape index (κ2) is 5.74. The van der Waals surface area contributed by atoms with Crippen molar-refractivity contribution in [3.63, 3.8) is 0 Å². The number of hydrogen-bond donors (Lipinski definition) is 0. The summed E-state index contributed by atoms with van der Waals surface area (Å²) in [5.41, 5.74) is 1.24. The minimum Gasteiger partial charge on any atom is -0.370 e. The summed E-state index contributed by atoms with van der Waals surface area (Å²) in [5, 5.41) is 0. The minimum absolute atomic E-state index is 0.684. The van der Waals surface area contributed by atoms with Crippen molar-refractivity contribution in [3.05, 3.63) is 24.5 Å². The Morgan fingerprint density at radius 3 is 2.13 bits per heavy atom. The third kappa shape index (κ3) is 4.32. The predicted molar refractivity (Wildman–Crippen MR) is 66.1 cm³/mol. The lowest BCUT2D eigenvalue weighted by Crippen LogP contribution is -2.31. The van der Waals surface area contributed by atoms with Crippen molar-refractivity contribution in [1.82, 2.24) is 4.98 Å². The highest BCUT2D eigenvalue weighted by Gasteiger charge is 2.09. The smallest absolute Gasteiger partial charge is 0.0552 e. The second-order valence-electron chi connectivity index (χ2n) is 4.90. The number of pyridine rings is 1. The van der Waals surface area contributed by atoms with Gasteiger partial charge in [-0.1, -0.05) is 27.7 Å². The zero-order chi connectivity index (χ0) is 11.3. The average molecular weight is 206 g/mol. The quantitative estimate of drug-likeness (QED) is 0.735. The Balaban J connectivity index is 2.72. The summed E-state index contributed by atoms with van der Waals surface area (Å²) in [6.07, 6.45) is 3.77. The van der Waals surface area contributed by atoms with Gasteiger partial charge in [-0.05, 0) is 24.0 Å². The molecule has 0 radical (unpaired) electrons. The molecule has 0 N–H and O–H groups in total. The van der Waals surface area contributed by atoms with Gasteiger partial charge in [0.25, 0.3) is 0 Å². The third-order valence-corrected chi connectivity index (χ3v) is 2.18. The number of nitrogens with zero attached hydrogens (tertiary/aromatic N) is 2. The molecule has 1 aromatic rings. The Kier molecular flexibility index (Phi) is 4.60. The van der Waals surface area contributed by atoms with Crippen LogP contribution in [0.2, 0.25) is 0 Å². The SMILES string of the molecule is CC(C)CN(CC(C)C)c1cccnc1. The van der Waals surface area contributed by atoms with E-state index >= 15 is 0 Å². The van der Waals surface area contributed by atoms with Gasteiger partial charge in [0.05, 0.1) is 11.9 Å². The first-order valence-electron chi connectivity index (χ1n) is 5.74. The summed E-state index contributed by atoms with van der Waals surface area (Å²) >= 11 is 0. The van der Waals surface area contributed by atoms with Gasteiger partial charge in [-0.25, -0.2) is 0 Å². The van der Waals surface area contributed by atoms with Crippen LogP contribution in [0.4, 0.5) is 5.69 Å². The van der Waals surface area contributed by atoms with Gasteiger partial charge in [0.2, 0.25) is 0 Å². The Morgan fingerprint density at radius 1 is 1.13 bits per heavy atom. The van der Waals surface area contributed by atoms with Crippen molar-refractivity contribution in [2.75, 3.05) is 18.0 Å². The second-order valence-corrected chi connectivity index (χ2v) is 4.90. The van der Waals surface area contributed by atoms with E-state index in [0.717, 1.165) is 13.1 Å². The van der Waals surface area contributed by atoms with Crippen LogP contribution in [0.5, 0.6) is 0 Å². The van der Waals surface area contributed by atoms with Crippen LogP contribution in [0.1, 0.15) is 27.7 Å². The molecule has 0 amide bonds. The summed E-state index contributed by atoms with van der Waals surface area (Å²) in [6.45, 7) is 11.2. The molecule has 0 saturated carbocycles. The van der Waals surface area contributed by atoms with Gasteiger partial charge in [0.1, 0.15) is 0 Å². The molecule has 84 valence electrons. The van der Waals surface area contributed by atoms with Crippen LogP contribution < -0.4 is 4.90 Å². The van der Waals surface area contributed by atoms with Crippen molar-refractivity contribution >= 4 is 5.69 Å². The Hall–Kier alpha value is -1.05. The van der Waals surface area contributed by atoms with Gasteiger partial charge < -0.3 is 4.90 Å². The van der Waals surface area contributed by atoms with Gasteiger partial charge in [-0.15, -0.1) is 0 Å². The molecule has 1 rings (SSSR count). The van der Waals surface area contributed by atoms with E-state index in [1.807, 2.05) is 18.5 Å². The molecule has 0 saturated heterocycles. The topological polar surface area (TPSA) is 16.1 Å². The van der Waals surface area contributed by atoms with E-state index in [2.05, 4.69) is 43.6 Å². The molecule has 0 bridgehead atoms. The van der Waals surface area contributed by atoms with Gasteiger partial charge in [-0.2, -0.15) is 0 Å². The van der Waals surface area contributed by atoms with Crippen molar-refractivity contribution < 1.29 is 0 Å². The maximum Gasteiger partial charge on any atom is 0.0552 e. The lowest BCUT2D eigenvalue weighted by Gasteiger charge is -2.28. The molecule has 0 aliphatic rings. The Labute approximate surface area is 93.3 Å². The molecule has 0 fully saturated rings. The average Bonchev–Trinajstić information content (AvgIpc) is 2.17. The van der Waals surface area contributed by atoms with E-state index in [1.165, 1.54) is 5.69 Å². The minimum atomic E-state index is 0.684. The molecule has 2 heteroatoms.